The fraction of sp³-hybridized carbons (Fsp3) is 0.400. The SMILES string of the molecule is Oc1cc2c(cc1O)[C@H]1C[C@@H](c3ccc(C(F)(F)F)cc3)CN[C@@H]1CC2. The molecule has 0 amide bonds. The van der Waals surface area contributed by atoms with Crippen molar-refractivity contribution in [3.8, 4) is 11.5 Å². The van der Waals surface area contributed by atoms with E-state index in [2.05, 4.69) is 5.32 Å². The number of fused-ring (bicyclic) bond motifs is 3. The van der Waals surface area contributed by atoms with Crippen molar-refractivity contribution in [2.75, 3.05) is 6.54 Å². The summed E-state index contributed by atoms with van der Waals surface area (Å²) < 4.78 is 38.3. The van der Waals surface area contributed by atoms with Crippen molar-refractivity contribution in [2.24, 2.45) is 0 Å². The minimum absolute atomic E-state index is 0.106. The molecule has 3 atom stereocenters. The van der Waals surface area contributed by atoms with Gasteiger partial charge in [-0.25, -0.2) is 0 Å². The van der Waals surface area contributed by atoms with E-state index in [0.29, 0.717) is 0 Å². The van der Waals surface area contributed by atoms with Crippen LogP contribution in [0.5, 0.6) is 11.5 Å². The number of hydrogen-bond acceptors (Lipinski definition) is 3. The van der Waals surface area contributed by atoms with Crippen LogP contribution >= 0.6 is 0 Å². The van der Waals surface area contributed by atoms with E-state index in [4.69, 9.17) is 0 Å². The molecule has 2 aromatic carbocycles. The van der Waals surface area contributed by atoms with Crippen molar-refractivity contribution in [1.29, 1.82) is 0 Å². The number of aryl methyl sites for hydroxylation is 1. The quantitative estimate of drug-likeness (QED) is 0.663. The molecule has 1 heterocycles. The Kier molecular flexibility index (Phi) is 4.10. The molecule has 3 N–H and O–H groups in total. The van der Waals surface area contributed by atoms with Gasteiger partial charge in [-0.15, -0.1) is 0 Å². The molecule has 3 nitrogen and oxygen atoms in total. The molecule has 2 aliphatic rings. The highest BCUT2D eigenvalue weighted by Crippen LogP contribution is 2.44. The second-order valence-electron chi connectivity index (χ2n) is 7.25. The van der Waals surface area contributed by atoms with E-state index in [-0.39, 0.29) is 29.4 Å². The molecule has 1 fully saturated rings. The highest BCUT2D eigenvalue weighted by molar-refractivity contribution is 5.49. The molecule has 1 aliphatic heterocycles. The fourth-order valence-electron chi connectivity index (χ4n) is 4.34. The lowest BCUT2D eigenvalue weighted by Gasteiger charge is -2.41. The molecular weight excluding hydrogens is 343 g/mol. The zero-order valence-electron chi connectivity index (χ0n) is 14.1. The Morgan fingerprint density at radius 1 is 1.00 bits per heavy atom. The van der Waals surface area contributed by atoms with Crippen LogP contribution in [0, 0.1) is 0 Å². The normalized spacial score (nSPS) is 25.4. The Morgan fingerprint density at radius 3 is 2.38 bits per heavy atom. The maximum Gasteiger partial charge on any atom is 0.416 e. The summed E-state index contributed by atoms with van der Waals surface area (Å²) in [5.74, 6) is 0.0537. The first-order chi connectivity index (χ1) is 12.3. The number of alkyl halides is 3. The summed E-state index contributed by atoms with van der Waals surface area (Å²) in [6.07, 6.45) is -1.74. The number of rotatable bonds is 1. The Hall–Kier alpha value is -2.21. The Morgan fingerprint density at radius 2 is 1.69 bits per heavy atom. The average molecular weight is 363 g/mol. The molecule has 0 aromatic heterocycles. The van der Waals surface area contributed by atoms with E-state index in [0.717, 1.165) is 54.6 Å². The average Bonchev–Trinajstić information content (AvgIpc) is 2.62. The van der Waals surface area contributed by atoms with Gasteiger partial charge in [-0.2, -0.15) is 13.2 Å². The van der Waals surface area contributed by atoms with E-state index in [1.54, 1.807) is 24.3 Å². The zero-order chi connectivity index (χ0) is 18.5. The maximum atomic E-state index is 12.8. The molecule has 6 heteroatoms. The van der Waals surface area contributed by atoms with E-state index >= 15 is 0 Å². The van der Waals surface area contributed by atoms with Gasteiger partial charge in [0.1, 0.15) is 0 Å². The molecule has 0 bridgehead atoms. The number of phenolic OH excluding ortho intramolecular Hbond substituents is 2. The number of benzene rings is 2. The van der Waals surface area contributed by atoms with Gasteiger partial charge in [0.25, 0.3) is 0 Å². The lowest BCUT2D eigenvalue weighted by atomic mass is 9.71. The second-order valence-corrected chi connectivity index (χ2v) is 7.25. The number of hydrogen-bond donors (Lipinski definition) is 3. The smallest absolute Gasteiger partial charge is 0.416 e. The highest BCUT2D eigenvalue weighted by Gasteiger charge is 2.36. The molecule has 1 saturated heterocycles. The molecule has 138 valence electrons. The minimum atomic E-state index is -4.32. The largest absolute Gasteiger partial charge is 0.504 e. The van der Waals surface area contributed by atoms with Crippen LogP contribution in [0.25, 0.3) is 0 Å². The van der Waals surface area contributed by atoms with Crippen molar-refractivity contribution in [3.05, 3.63) is 58.7 Å². The van der Waals surface area contributed by atoms with Gasteiger partial charge in [-0.3, -0.25) is 0 Å². The standard InChI is InChI=1S/C20H20F3NO2/c21-20(22,23)14-4-1-11(2-5-14)13-7-16-15-9-19(26)18(25)8-12(15)3-6-17(16)24-10-13/h1-2,4-5,8-9,13,16-17,24-26H,3,6-7,10H2/t13-,16-,17-/m1/s1. The zero-order valence-corrected chi connectivity index (χ0v) is 14.1. The summed E-state index contributed by atoms with van der Waals surface area (Å²) in [7, 11) is 0. The van der Waals surface area contributed by atoms with Crippen LogP contribution in [0.15, 0.2) is 36.4 Å². The molecule has 4 rings (SSSR count). The van der Waals surface area contributed by atoms with Gasteiger partial charge in [0.15, 0.2) is 11.5 Å². The summed E-state index contributed by atoms with van der Waals surface area (Å²) in [6, 6.07) is 8.96. The molecule has 0 spiro atoms. The third-order valence-corrected chi connectivity index (χ3v) is 5.72. The maximum absolute atomic E-state index is 12.8. The van der Waals surface area contributed by atoms with Gasteiger partial charge < -0.3 is 15.5 Å². The number of piperidine rings is 1. The molecule has 26 heavy (non-hydrogen) atoms. The predicted octanol–water partition coefficient (Wildman–Crippen LogP) is 4.29. The molecule has 0 unspecified atom stereocenters. The summed E-state index contributed by atoms with van der Waals surface area (Å²) in [4.78, 5) is 0. The van der Waals surface area contributed by atoms with E-state index in [9.17, 15) is 23.4 Å². The molecule has 0 saturated carbocycles. The molecular formula is C20H20F3NO2. The summed E-state index contributed by atoms with van der Waals surface area (Å²) in [5.41, 5.74) is 2.32. The van der Waals surface area contributed by atoms with Crippen LogP contribution in [-0.2, 0) is 12.6 Å². The topological polar surface area (TPSA) is 52.5 Å². The van der Waals surface area contributed by atoms with Crippen molar-refractivity contribution in [3.63, 3.8) is 0 Å². The van der Waals surface area contributed by atoms with Crippen LogP contribution in [0.3, 0.4) is 0 Å². The molecule has 0 radical (unpaired) electrons. The van der Waals surface area contributed by atoms with E-state index in [1.807, 2.05) is 0 Å². The van der Waals surface area contributed by atoms with Crippen LogP contribution in [0.1, 0.15) is 46.9 Å². The van der Waals surface area contributed by atoms with Gasteiger partial charge in [0, 0.05) is 18.5 Å². The number of halogens is 3. The van der Waals surface area contributed by atoms with E-state index in [1.165, 1.54) is 0 Å². The monoisotopic (exact) mass is 363 g/mol. The Labute approximate surface area is 149 Å². The lowest BCUT2D eigenvalue weighted by Crippen LogP contribution is -2.45. The number of nitrogens with one attached hydrogen (secondary N) is 1. The first-order valence-corrected chi connectivity index (χ1v) is 8.78. The van der Waals surface area contributed by atoms with Gasteiger partial charge in [0.2, 0.25) is 0 Å². The molecule has 1 aliphatic carbocycles. The Bertz CT molecular complexity index is 817. The third-order valence-electron chi connectivity index (χ3n) is 5.72. The number of phenols is 2. The third kappa shape index (κ3) is 3.03. The van der Waals surface area contributed by atoms with Crippen LogP contribution in [0.4, 0.5) is 13.2 Å². The van der Waals surface area contributed by atoms with Crippen molar-refractivity contribution in [1.82, 2.24) is 5.32 Å². The van der Waals surface area contributed by atoms with Crippen molar-refractivity contribution < 1.29 is 23.4 Å². The lowest BCUT2D eigenvalue weighted by molar-refractivity contribution is -0.137. The number of aromatic hydroxyl groups is 2. The first kappa shape index (κ1) is 17.2. The van der Waals surface area contributed by atoms with Gasteiger partial charge in [-0.05, 0) is 66.1 Å². The van der Waals surface area contributed by atoms with Crippen LogP contribution in [-0.4, -0.2) is 22.8 Å². The fourth-order valence-corrected chi connectivity index (χ4v) is 4.34. The summed E-state index contributed by atoms with van der Waals surface area (Å²) >= 11 is 0. The summed E-state index contributed by atoms with van der Waals surface area (Å²) in [6.45, 7) is 0.728. The second kappa shape index (κ2) is 6.20. The van der Waals surface area contributed by atoms with Crippen molar-refractivity contribution >= 4 is 0 Å². The van der Waals surface area contributed by atoms with Gasteiger partial charge in [-0.1, -0.05) is 12.1 Å². The van der Waals surface area contributed by atoms with Crippen LogP contribution < -0.4 is 5.32 Å². The van der Waals surface area contributed by atoms with E-state index < -0.39 is 11.7 Å². The molecule has 2 aromatic rings. The van der Waals surface area contributed by atoms with Gasteiger partial charge >= 0.3 is 6.18 Å². The van der Waals surface area contributed by atoms with Crippen LogP contribution in [0.2, 0.25) is 0 Å². The summed E-state index contributed by atoms with van der Waals surface area (Å²) in [5, 5.41) is 23.1. The first-order valence-electron chi connectivity index (χ1n) is 8.78. The Balaban J connectivity index is 1.60. The van der Waals surface area contributed by atoms with Crippen molar-refractivity contribution in [2.45, 2.75) is 43.3 Å². The minimum Gasteiger partial charge on any atom is -0.504 e. The van der Waals surface area contributed by atoms with Gasteiger partial charge in [0.05, 0.1) is 5.56 Å². The highest BCUT2D eigenvalue weighted by atomic mass is 19.4. The predicted molar refractivity (Wildman–Crippen MR) is 91.4 cm³/mol.